The van der Waals surface area contributed by atoms with Gasteiger partial charge in [-0.15, -0.1) is 0 Å². The molecule has 1 heterocycles. The van der Waals surface area contributed by atoms with Gasteiger partial charge in [0, 0.05) is 25.7 Å². The van der Waals surface area contributed by atoms with Crippen LogP contribution in [0.5, 0.6) is 11.5 Å². The Kier molecular flexibility index (Phi) is 6.88. The Hall–Kier alpha value is -1.80. The van der Waals surface area contributed by atoms with Gasteiger partial charge in [-0.3, -0.25) is 4.79 Å². The molecule has 1 N–H and O–H groups in total. The van der Waals surface area contributed by atoms with Crippen LogP contribution in [0, 0.1) is 11.8 Å². The van der Waals surface area contributed by atoms with Crippen molar-refractivity contribution in [3.8, 4) is 11.5 Å². The summed E-state index contributed by atoms with van der Waals surface area (Å²) < 4.78 is 38.0. The maximum absolute atomic E-state index is 13.1. The number of amides is 1. The minimum atomic E-state index is -3.79. The molecule has 1 saturated heterocycles. The van der Waals surface area contributed by atoms with E-state index in [1.165, 1.54) is 24.6 Å². The largest absolute Gasteiger partial charge is 0.497 e. The molecule has 7 nitrogen and oxygen atoms in total. The average Bonchev–Trinajstić information content (AvgIpc) is 2.65. The lowest BCUT2D eigenvalue weighted by Gasteiger charge is -2.31. The maximum Gasteiger partial charge on any atom is 0.246 e. The van der Waals surface area contributed by atoms with Gasteiger partial charge in [0.2, 0.25) is 15.9 Å². The van der Waals surface area contributed by atoms with Crippen molar-refractivity contribution >= 4 is 15.9 Å². The number of methoxy groups -OCH3 is 2. The normalized spacial score (nSPS) is 18.6. The number of hydrogen-bond acceptors (Lipinski definition) is 5. The van der Waals surface area contributed by atoms with Crippen molar-refractivity contribution in [1.82, 2.24) is 9.62 Å². The van der Waals surface area contributed by atoms with Gasteiger partial charge in [0.1, 0.15) is 16.4 Å². The molecule has 0 aliphatic carbocycles. The zero-order valence-corrected chi connectivity index (χ0v) is 16.6. The lowest BCUT2D eigenvalue weighted by molar-refractivity contribution is -0.126. The first-order chi connectivity index (χ1) is 12.3. The Morgan fingerprint density at radius 1 is 1.31 bits per heavy atom. The Balaban J connectivity index is 2.22. The Bertz CT molecular complexity index is 733. The van der Waals surface area contributed by atoms with Crippen LogP contribution in [-0.2, 0) is 14.8 Å². The molecule has 0 radical (unpaired) electrons. The number of rotatable bonds is 7. The van der Waals surface area contributed by atoms with E-state index in [1.54, 1.807) is 12.1 Å². The fraction of sp³-hybridized carbons (Fsp3) is 0.611. The van der Waals surface area contributed by atoms with E-state index in [0.717, 1.165) is 0 Å². The third-order valence-electron chi connectivity index (χ3n) is 4.43. The van der Waals surface area contributed by atoms with Crippen LogP contribution in [0.15, 0.2) is 23.1 Å². The summed E-state index contributed by atoms with van der Waals surface area (Å²) in [6, 6.07) is 4.68. The summed E-state index contributed by atoms with van der Waals surface area (Å²) in [4.78, 5) is 12.4. The average molecular weight is 384 g/mol. The summed E-state index contributed by atoms with van der Waals surface area (Å²) in [5.74, 6) is 0.623. The van der Waals surface area contributed by atoms with Gasteiger partial charge in [-0.2, -0.15) is 4.31 Å². The zero-order valence-electron chi connectivity index (χ0n) is 15.8. The van der Waals surface area contributed by atoms with Crippen molar-refractivity contribution in [2.45, 2.75) is 31.6 Å². The second-order valence-electron chi connectivity index (χ2n) is 6.86. The molecule has 0 bridgehead atoms. The van der Waals surface area contributed by atoms with Gasteiger partial charge in [-0.1, -0.05) is 13.8 Å². The highest BCUT2D eigenvalue weighted by atomic mass is 32.2. The number of nitrogens with one attached hydrogen (secondary N) is 1. The smallest absolute Gasteiger partial charge is 0.246 e. The van der Waals surface area contributed by atoms with Crippen molar-refractivity contribution < 1.29 is 22.7 Å². The Morgan fingerprint density at radius 2 is 2.04 bits per heavy atom. The first-order valence-electron chi connectivity index (χ1n) is 8.79. The highest BCUT2D eigenvalue weighted by Gasteiger charge is 2.35. The molecule has 2 rings (SSSR count). The Morgan fingerprint density at radius 3 is 2.65 bits per heavy atom. The highest BCUT2D eigenvalue weighted by molar-refractivity contribution is 7.89. The molecule has 146 valence electrons. The molecular formula is C18H28N2O5S. The van der Waals surface area contributed by atoms with E-state index in [9.17, 15) is 13.2 Å². The number of nitrogens with zero attached hydrogens (tertiary/aromatic N) is 1. The van der Waals surface area contributed by atoms with Crippen LogP contribution in [0.4, 0.5) is 0 Å². The zero-order chi connectivity index (χ0) is 19.3. The number of piperidine rings is 1. The Labute approximate surface area is 155 Å². The standard InChI is InChI=1S/C18H28N2O5S/c1-13(2)11-19-18(21)14-6-5-9-20(12-14)26(22,23)17-10-15(24-3)7-8-16(17)25-4/h7-8,10,13-14H,5-6,9,11-12H2,1-4H3,(H,19,21)/t14-/m1/s1. The van der Waals surface area contributed by atoms with E-state index >= 15 is 0 Å². The molecule has 1 amide bonds. The highest BCUT2D eigenvalue weighted by Crippen LogP contribution is 2.32. The summed E-state index contributed by atoms with van der Waals surface area (Å²) in [6.45, 7) is 5.19. The lowest BCUT2D eigenvalue weighted by atomic mass is 9.98. The second kappa shape index (κ2) is 8.73. The fourth-order valence-electron chi connectivity index (χ4n) is 2.95. The summed E-state index contributed by atoms with van der Waals surface area (Å²) in [6.07, 6.45) is 1.33. The number of hydrogen-bond donors (Lipinski definition) is 1. The van der Waals surface area contributed by atoms with E-state index in [0.29, 0.717) is 37.6 Å². The summed E-state index contributed by atoms with van der Waals surface area (Å²) >= 11 is 0. The molecule has 0 saturated carbocycles. The molecule has 1 atom stereocenters. The molecule has 1 aromatic rings. The lowest BCUT2D eigenvalue weighted by Crippen LogP contribution is -2.46. The first-order valence-corrected chi connectivity index (χ1v) is 10.2. The van der Waals surface area contributed by atoms with Crippen molar-refractivity contribution in [1.29, 1.82) is 0 Å². The van der Waals surface area contributed by atoms with E-state index in [-0.39, 0.29) is 29.0 Å². The van der Waals surface area contributed by atoms with Gasteiger partial charge < -0.3 is 14.8 Å². The second-order valence-corrected chi connectivity index (χ2v) is 8.76. The van der Waals surface area contributed by atoms with Gasteiger partial charge in [0.25, 0.3) is 0 Å². The van der Waals surface area contributed by atoms with Gasteiger partial charge in [0.05, 0.1) is 20.1 Å². The van der Waals surface area contributed by atoms with Crippen LogP contribution in [-0.4, -0.2) is 52.5 Å². The predicted molar refractivity (Wildman–Crippen MR) is 98.9 cm³/mol. The molecule has 26 heavy (non-hydrogen) atoms. The molecule has 1 aliphatic heterocycles. The first kappa shape index (κ1) is 20.5. The van der Waals surface area contributed by atoms with Gasteiger partial charge in [-0.25, -0.2) is 8.42 Å². The predicted octanol–water partition coefficient (Wildman–Crippen LogP) is 1.88. The minimum absolute atomic E-state index is 0.0580. The van der Waals surface area contributed by atoms with Crippen LogP contribution in [0.25, 0.3) is 0 Å². The van der Waals surface area contributed by atoms with Crippen molar-refractivity contribution in [3.05, 3.63) is 18.2 Å². The molecule has 1 aliphatic rings. The summed E-state index contributed by atoms with van der Waals surface area (Å²) in [5.41, 5.74) is 0. The topological polar surface area (TPSA) is 84.9 Å². The molecule has 0 unspecified atom stereocenters. The number of ether oxygens (including phenoxy) is 2. The van der Waals surface area contributed by atoms with E-state index < -0.39 is 10.0 Å². The van der Waals surface area contributed by atoms with E-state index in [2.05, 4.69) is 5.32 Å². The summed E-state index contributed by atoms with van der Waals surface area (Å²) in [7, 11) is -0.877. The van der Waals surface area contributed by atoms with Crippen LogP contribution >= 0.6 is 0 Å². The van der Waals surface area contributed by atoms with Crippen molar-refractivity contribution in [3.63, 3.8) is 0 Å². The van der Waals surface area contributed by atoms with Crippen LogP contribution in [0.2, 0.25) is 0 Å². The van der Waals surface area contributed by atoms with Crippen molar-refractivity contribution in [2.75, 3.05) is 33.9 Å². The maximum atomic E-state index is 13.1. The molecule has 1 fully saturated rings. The SMILES string of the molecule is COc1ccc(OC)c(S(=O)(=O)N2CCC[C@@H](C(=O)NCC(C)C)C2)c1. The van der Waals surface area contributed by atoms with Crippen molar-refractivity contribution in [2.24, 2.45) is 11.8 Å². The van der Waals surface area contributed by atoms with Gasteiger partial charge in [0.15, 0.2) is 0 Å². The third-order valence-corrected chi connectivity index (χ3v) is 6.31. The van der Waals surface area contributed by atoms with Crippen LogP contribution in [0.3, 0.4) is 0 Å². The molecule has 0 spiro atoms. The number of benzene rings is 1. The molecule has 8 heteroatoms. The quantitative estimate of drug-likeness (QED) is 0.776. The van der Waals surface area contributed by atoms with E-state index in [4.69, 9.17) is 9.47 Å². The number of carbonyl (C=O) groups excluding carboxylic acids is 1. The van der Waals surface area contributed by atoms with Gasteiger partial charge in [-0.05, 0) is 30.9 Å². The third kappa shape index (κ3) is 4.67. The fourth-order valence-corrected chi connectivity index (χ4v) is 4.64. The summed E-state index contributed by atoms with van der Waals surface area (Å²) in [5, 5.41) is 2.90. The minimum Gasteiger partial charge on any atom is -0.497 e. The number of sulfonamides is 1. The molecule has 1 aromatic carbocycles. The molecular weight excluding hydrogens is 356 g/mol. The van der Waals surface area contributed by atoms with Crippen LogP contribution < -0.4 is 14.8 Å². The van der Waals surface area contributed by atoms with Crippen LogP contribution in [0.1, 0.15) is 26.7 Å². The van der Waals surface area contributed by atoms with E-state index in [1.807, 2.05) is 13.8 Å². The molecule has 0 aromatic heterocycles. The van der Waals surface area contributed by atoms with Gasteiger partial charge >= 0.3 is 0 Å². The number of carbonyl (C=O) groups is 1. The monoisotopic (exact) mass is 384 g/mol.